The number of halogens is 2. The van der Waals surface area contributed by atoms with Gasteiger partial charge in [-0.2, -0.15) is 18.7 Å². The highest BCUT2D eigenvalue weighted by Gasteiger charge is 2.25. The zero-order chi connectivity index (χ0) is 21.1. The minimum atomic E-state index is -3.00. The van der Waals surface area contributed by atoms with E-state index in [0.717, 1.165) is 5.69 Å². The number of cyclic esters (lactones) is 1. The summed E-state index contributed by atoms with van der Waals surface area (Å²) in [6.07, 6.45) is 2.92. The van der Waals surface area contributed by atoms with E-state index in [-0.39, 0.29) is 23.1 Å². The van der Waals surface area contributed by atoms with Crippen LogP contribution >= 0.6 is 0 Å². The van der Waals surface area contributed by atoms with E-state index in [1.807, 2.05) is 30.3 Å². The Hall–Kier alpha value is -4.08. The maximum atomic E-state index is 12.5. The number of alkyl halides is 2. The van der Waals surface area contributed by atoms with E-state index >= 15 is 0 Å². The van der Waals surface area contributed by atoms with Crippen LogP contribution in [0.5, 0.6) is 11.5 Å². The predicted octanol–water partition coefficient (Wildman–Crippen LogP) is 3.22. The van der Waals surface area contributed by atoms with Gasteiger partial charge in [0.25, 0.3) is 0 Å². The zero-order valence-corrected chi connectivity index (χ0v) is 15.5. The van der Waals surface area contributed by atoms with Gasteiger partial charge in [0.15, 0.2) is 17.2 Å². The van der Waals surface area contributed by atoms with Gasteiger partial charge in [-0.05, 0) is 30.3 Å². The summed E-state index contributed by atoms with van der Waals surface area (Å²) in [5.41, 5.74) is 1.56. The summed E-state index contributed by atoms with van der Waals surface area (Å²) >= 11 is 0. The number of rotatable bonds is 6. The summed E-state index contributed by atoms with van der Waals surface area (Å²) in [6.45, 7) is -3.00. The van der Waals surface area contributed by atoms with E-state index < -0.39 is 12.6 Å². The van der Waals surface area contributed by atoms with Gasteiger partial charge in [-0.15, -0.1) is 5.10 Å². The molecule has 1 aliphatic heterocycles. The molecule has 0 saturated carbocycles. The second kappa shape index (κ2) is 8.11. The molecule has 152 valence electrons. The third-order valence-electron chi connectivity index (χ3n) is 4.03. The summed E-state index contributed by atoms with van der Waals surface area (Å²) in [7, 11) is 1.31. The molecule has 0 fully saturated rings. The van der Waals surface area contributed by atoms with E-state index in [1.165, 1.54) is 42.4 Å². The first kappa shape index (κ1) is 19.2. The molecule has 0 aliphatic carbocycles. The highest BCUT2D eigenvalue weighted by atomic mass is 19.3. The molecule has 0 bridgehead atoms. The van der Waals surface area contributed by atoms with Gasteiger partial charge in [0.2, 0.25) is 5.90 Å². The Morgan fingerprint density at radius 2 is 1.93 bits per heavy atom. The van der Waals surface area contributed by atoms with Crippen LogP contribution in [-0.2, 0) is 9.53 Å². The highest BCUT2D eigenvalue weighted by Crippen LogP contribution is 2.31. The number of esters is 1. The van der Waals surface area contributed by atoms with Gasteiger partial charge in [-0.1, -0.05) is 18.2 Å². The minimum Gasteiger partial charge on any atom is -0.493 e. The molecule has 4 rings (SSSR count). The number of carbonyl (C=O) groups excluding carboxylic acids is 1. The van der Waals surface area contributed by atoms with Crippen LogP contribution in [0.4, 0.5) is 8.78 Å². The highest BCUT2D eigenvalue weighted by molar-refractivity contribution is 6.12. The normalized spacial score (nSPS) is 14.7. The number of methoxy groups -OCH3 is 1. The van der Waals surface area contributed by atoms with Crippen molar-refractivity contribution in [3.63, 3.8) is 0 Å². The van der Waals surface area contributed by atoms with Crippen LogP contribution < -0.4 is 9.47 Å². The maximum Gasteiger partial charge on any atom is 0.387 e. The summed E-state index contributed by atoms with van der Waals surface area (Å²) in [4.78, 5) is 17.8. The number of nitrogens with zero attached hydrogens (tertiary/aromatic N) is 4. The van der Waals surface area contributed by atoms with Crippen molar-refractivity contribution >= 4 is 17.9 Å². The van der Waals surface area contributed by atoms with Crippen molar-refractivity contribution in [2.75, 3.05) is 7.11 Å². The Morgan fingerprint density at radius 3 is 2.67 bits per heavy atom. The maximum absolute atomic E-state index is 12.5. The molecule has 2 aromatic carbocycles. The first-order valence-electron chi connectivity index (χ1n) is 8.67. The molecule has 2 heterocycles. The Balaban J connectivity index is 1.59. The lowest BCUT2D eigenvalue weighted by Gasteiger charge is -2.10. The lowest BCUT2D eigenvalue weighted by atomic mass is 10.2. The molecule has 0 unspecified atom stereocenters. The molecule has 0 amide bonds. The molecule has 0 radical (unpaired) electrons. The average Bonchev–Trinajstić information content (AvgIpc) is 3.36. The molecule has 3 aromatic rings. The van der Waals surface area contributed by atoms with Crippen LogP contribution in [0, 0.1) is 0 Å². The van der Waals surface area contributed by atoms with Crippen molar-refractivity contribution in [1.82, 2.24) is 15.0 Å². The molecule has 10 heteroatoms. The van der Waals surface area contributed by atoms with Gasteiger partial charge in [0, 0.05) is 11.6 Å². The smallest absolute Gasteiger partial charge is 0.387 e. The Kier molecular flexibility index (Phi) is 5.21. The largest absolute Gasteiger partial charge is 0.493 e. The van der Waals surface area contributed by atoms with Gasteiger partial charge in [-0.3, -0.25) is 0 Å². The van der Waals surface area contributed by atoms with Crippen LogP contribution in [0.15, 0.2) is 65.4 Å². The van der Waals surface area contributed by atoms with E-state index in [1.54, 1.807) is 0 Å². The van der Waals surface area contributed by atoms with Crippen LogP contribution in [-0.4, -0.2) is 40.6 Å². The summed E-state index contributed by atoms with van der Waals surface area (Å²) in [6, 6.07) is 13.4. The first-order chi connectivity index (χ1) is 14.5. The van der Waals surface area contributed by atoms with Gasteiger partial charge in [0.1, 0.15) is 5.69 Å². The van der Waals surface area contributed by atoms with Gasteiger partial charge in [-0.25, -0.2) is 9.79 Å². The number of hydrogen-bond donors (Lipinski definition) is 0. The number of carbonyl (C=O) groups is 1. The summed E-state index contributed by atoms with van der Waals surface area (Å²) in [5.74, 6) is -0.765. The Morgan fingerprint density at radius 1 is 1.13 bits per heavy atom. The van der Waals surface area contributed by atoms with Crippen molar-refractivity contribution in [3.05, 3.63) is 71.7 Å². The third-order valence-corrected chi connectivity index (χ3v) is 4.03. The number of hydrogen-bond acceptors (Lipinski definition) is 7. The van der Waals surface area contributed by atoms with Crippen LogP contribution in [0.2, 0.25) is 0 Å². The average molecular weight is 412 g/mol. The number of aliphatic imine (C=N–C) groups is 1. The zero-order valence-electron chi connectivity index (χ0n) is 15.5. The lowest BCUT2D eigenvalue weighted by molar-refractivity contribution is -0.129. The minimum absolute atomic E-state index is 0.00333. The molecule has 1 aromatic heterocycles. The van der Waals surface area contributed by atoms with E-state index in [9.17, 15) is 13.6 Å². The third kappa shape index (κ3) is 4.02. The van der Waals surface area contributed by atoms with Crippen molar-refractivity contribution in [1.29, 1.82) is 0 Å². The summed E-state index contributed by atoms with van der Waals surface area (Å²) < 4.78 is 39.6. The standard InChI is InChI=1S/C20H14F2N4O4/c1-28-17-9-12(7-8-16(17)29-20(21)22)18-24-15(19(27)30-18)10-13-11-23-26(25-13)14-5-3-2-4-6-14/h2-11,20H,1H3/b15-10+. The fourth-order valence-corrected chi connectivity index (χ4v) is 2.69. The van der Waals surface area contributed by atoms with E-state index in [0.29, 0.717) is 11.3 Å². The molecule has 0 saturated heterocycles. The van der Waals surface area contributed by atoms with E-state index in [2.05, 4.69) is 19.9 Å². The number of para-hydroxylation sites is 1. The fourth-order valence-electron chi connectivity index (χ4n) is 2.69. The number of benzene rings is 2. The fraction of sp³-hybridized carbons (Fsp3) is 0.100. The molecule has 1 aliphatic rings. The molecular weight excluding hydrogens is 398 g/mol. The quantitative estimate of drug-likeness (QED) is 0.456. The van der Waals surface area contributed by atoms with Gasteiger partial charge >= 0.3 is 12.6 Å². The van der Waals surface area contributed by atoms with Crippen molar-refractivity contribution in [3.8, 4) is 17.2 Å². The monoisotopic (exact) mass is 412 g/mol. The van der Waals surface area contributed by atoms with Crippen molar-refractivity contribution < 1.29 is 27.8 Å². The van der Waals surface area contributed by atoms with Crippen LogP contribution in [0.25, 0.3) is 11.8 Å². The Labute approximate surface area is 169 Å². The van der Waals surface area contributed by atoms with Crippen molar-refractivity contribution in [2.45, 2.75) is 6.61 Å². The van der Waals surface area contributed by atoms with Crippen LogP contribution in [0.3, 0.4) is 0 Å². The number of aromatic nitrogens is 3. The van der Waals surface area contributed by atoms with E-state index in [4.69, 9.17) is 9.47 Å². The second-order valence-corrected chi connectivity index (χ2v) is 5.97. The number of ether oxygens (including phenoxy) is 3. The van der Waals surface area contributed by atoms with Crippen LogP contribution in [0.1, 0.15) is 11.3 Å². The van der Waals surface area contributed by atoms with Gasteiger partial charge < -0.3 is 14.2 Å². The second-order valence-electron chi connectivity index (χ2n) is 5.97. The molecule has 30 heavy (non-hydrogen) atoms. The molecular formula is C20H14F2N4O4. The van der Waals surface area contributed by atoms with Crippen molar-refractivity contribution in [2.24, 2.45) is 4.99 Å². The summed E-state index contributed by atoms with van der Waals surface area (Å²) in [5, 5.41) is 8.44. The molecule has 0 N–H and O–H groups in total. The SMILES string of the molecule is COc1cc(C2=N/C(=C/c3cnn(-c4ccccc4)n3)C(=O)O2)ccc1OC(F)F. The lowest BCUT2D eigenvalue weighted by Crippen LogP contribution is -2.07. The Bertz CT molecular complexity index is 1140. The first-order valence-corrected chi connectivity index (χ1v) is 8.67. The molecule has 0 spiro atoms. The molecule has 8 nitrogen and oxygen atoms in total. The molecule has 0 atom stereocenters. The topological polar surface area (TPSA) is 87.8 Å². The van der Waals surface area contributed by atoms with Gasteiger partial charge in [0.05, 0.1) is 19.0 Å². The predicted molar refractivity (Wildman–Crippen MR) is 102 cm³/mol.